The van der Waals surface area contributed by atoms with E-state index in [9.17, 15) is 9.18 Å². The Morgan fingerprint density at radius 3 is 2.53 bits per heavy atom. The van der Waals surface area contributed by atoms with E-state index in [-0.39, 0.29) is 11.4 Å². The lowest BCUT2D eigenvalue weighted by molar-refractivity contribution is 0.306. The average molecular weight is 662 g/mol. The quantitative estimate of drug-likeness (QED) is 0.161. The molecule has 0 spiro atoms. The minimum absolute atomic E-state index is 0.272. The van der Waals surface area contributed by atoms with Gasteiger partial charge in [0.05, 0.1) is 17.1 Å². The fourth-order valence-corrected chi connectivity index (χ4v) is 5.77. The largest absolute Gasteiger partial charge is 0.489 e. The summed E-state index contributed by atoms with van der Waals surface area (Å²) in [4.78, 5) is 18.5. The fourth-order valence-electron chi connectivity index (χ4n) is 5.39. The molecule has 0 fully saturated rings. The van der Waals surface area contributed by atoms with Crippen molar-refractivity contribution in [3.8, 4) is 23.0 Å². The molecule has 3 aromatic heterocycles. The van der Waals surface area contributed by atoms with Gasteiger partial charge < -0.3 is 13.7 Å². The number of halogens is 2. The zero-order valence-electron chi connectivity index (χ0n) is 24.4. The van der Waals surface area contributed by atoms with Crippen LogP contribution in [0.2, 0.25) is 0 Å². The maximum atomic E-state index is 13.7. The molecule has 0 bridgehead atoms. The zero-order valence-corrected chi connectivity index (χ0v) is 26.0. The second kappa shape index (κ2) is 11.7. The standard InChI is InChI=1S/C36H26BrFN4O3/c1-22-17-26(23(2)41(22)29-12-14-30(15-13-29)44-21-24-7-10-28(38)11-8-24)20-39-42-35(40-32-6-4-3-5-31(32)36(42)43)34-19-25-18-27(37)9-16-33(25)45-34/h3-20H,21H2,1-2H3. The highest BCUT2D eigenvalue weighted by molar-refractivity contribution is 9.10. The molecule has 0 N–H and O–H groups in total. The first-order chi connectivity index (χ1) is 21.8. The lowest BCUT2D eigenvalue weighted by Crippen LogP contribution is -2.20. The molecule has 0 saturated heterocycles. The van der Waals surface area contributed by atoms with Gasteiger partial charge in [-0.25, -0.2) is 9.37 Å². The van der Waals surface area contributed by atoms with E-state index in [1.54, 1.807) is 30.5 Å². The van der Waals surface area contributed by atoms with Crippen LogP contribution in [-0.2, 0) is 6.61 Å². The molecular weight excluding hydrogens is 635 g/mol. The average Bonchev–Trinajstić information content (AvgIpc) is 3.59. The molecule has 0 saturated carbocycles. The topological polar surface area (TPSA) is 74.5 Å². The first kappa shape index (κ1) is 28.5. The Morgan fingerprint density at radius 1 is 0.956 bits per heavy atom. The molecule has 9 heteroatoms. The fraction of sp³-hybridized carbons (Fsp3) is 0.0833. The maximum Gasteiger partial charge on any atom is 0.282 e. The number of nitrogens with zero attached hydrogens (tertiary/aromatic N) is 4. The molecule has 0 aliphatic heterocycles. The third-order valence-electron chi connectivity index (χ3n) is 7.65. The van der Waals surface area contributed by atoms with E-state index in [1.807, 2.05) is 80.6 Å². The van der Waals surface area contributed by atoms with Crippen LogP contribution in [0.4, 0.5) is 4.39 Å². The molecule has 7 rings (SSSR count). The minimum atomic E-state index is -0.293. The smallest absolute Gasteiger partial charge is 0.282 e. The predicted molar refractivity (Wildman–Crippen MR) is 178 cm³/mol. The molecule has 0 amide bonds. The van der Waals surface area contributed by atoms with Crippen LogP contribution in [0.3, 0.4) is 0 Å². The van der Waals surface area contributed by atoms with Gasteiger partial charge in [0.25, 0.3) is 5.56 Å². The summed E-state index contributed by atoms with van der Waals surface area (Å²) in [5.74, 6) is 1.19. The number of furan rings is 1. The van der Waals surface area contributed by atoms with Gasteiger partial charge in [0.15, 0.2) is 5.76 Å². The molecule has 45 heavy (non-hydrogen) atoms. The van der Waals surface area contributed by atoms with Crippen molar-refractivity contribution in [1.29, 1.82) is 0 Å². The van der Waals surface area contributed by atoms with Crippen molar-refractivity contribution in [3.05, 3.63) is 146 Å². The van der Waals surface area contributed by atoms with Gasteiger partial charge in [-0.1, -0.05) is 40.2 Å². The summed E-state index contributed by atoms with van der Waals surface area (Å²) >= 11 is 3.51. The first-order valence-corrected chi connectivity index (χ1v) is 15.1. The van der Waals surface area contributed by atoms with Crippen molar-refractivity contribution in [2.45, 2.75) is 20.5 Å². The SMILES string of the molecule is Cc1cc(C=Nn2c(-c3cc4cc(Br)ccc4o3)nc3ccccc3c2=O)c(C)n1-c1ccc(OCc2ccc(F)cc2)cc1. The number of ether oxygens (including phenoxy) is 1. The molecule has 0 atom stereocenters. The number of para-hydroxylation sites is 1. The van der Waals surface area contributed by atoms with Crippen molar-refractivity contribution in [1.82, 2.24) is 14.2 Å². The molecule has 0 aliphatic carbocycles. The minimum Gasteiger partial charge on any atom is -0.489 e. The third-order valence-corrected chi connectivity index (χ3v) is 8.14. The van der Waals surface area contributed by atoms with Crippen LogP contribution in [0.25, 0.3) is 39.1 Å². The van der Waals surface area contributed by atoms with Crippen molar-refractivity contribution in [2.24, 2.45) is 5.10 Å². The molecule has 7 aromatic rings. The van der Waals surface area contributed by atoms with E-state index < -0.39 is 0 Å². The van der Waals surface area contributed by atoms with Crippen molar-refractivity contribution in [2.75, 3.05) is 0 Å². The van der Waals surface area contributed by atoms with Gasteiger partial charge in [0.1, 0.15) is 23.8 Å². The number of rotatable bonds is 7. The Morgan fingerprint density at radius 2 is 1.73 bits per heavy atom. The van der Waals surface area contributed by atoms with Crippen molar-refractivity contribution < 1.29 is 13.5 Å². The number of hydrogen-bond donors (Lipinski definition) is 0. The molecular formula is C36H26BrFN4O3. The highest BCUT2D eigenvalue weighted by Crippen LogP contribution is 2.29. The highest BCUT2D eigenvalue weighted by atomic mass is 79.9. The Balaban J connectivity index is 1.21. The van der Waals surface area contributed by atoms with E-state index in [2.05, 4.69) is 25.6 Å². The summed E-state index contributed by atoms with van der Waals surface area (Å²) < 4.78 is 29.5. The number of hydrogen-bond acceptors (Lipinski definition) is 5. The second-order valence-corrected chi connectivity index (χ2v) is 11.6. The van der Waals surface area contributed by atoms with Crippen LogP contribution in [0.15, 0.2) is 122 Å². The number of aryl methyl sites for hydroxylation is 1. The number of benzene rings is 4. The van der Waals surface area contributed by atoms with E-state index in [4.69, 9.17) is 14.1 Å². The summed E-state index contributed by atoms with van der Waals surface area (Å²) in [6, 6.07) is 30.9. The van der Waals surface area contributed by atoms with E-state index >= 15 is 0 Å². The summed E-state index contributed by atoms with van der Waals surface area (Å²) in [6.45, 7) is 4.37. The normalized spacial score (nSPS) is 11.6. The Kier molecular flexibility index (Phi) is 7.39. The molecule has 3 heterocycles. The monoisotopic (exact) mass is 660 g/mol. The van der Waals surface area contributed by atoms with Crippen LogP contribution < -0.4 is 10.3 Å². The third kappa shape index (κ3) is 5.58. The Labute approximate surface area is 266 Å². The molecule has 0 unspecified atom stereocenters. The van der Waals surface area contributed by atoms with E-state index in [0.29, 0.717) is 40.4 Å². The lowest BCUT2D eigenvalue weighted by atomic mass is 10.2. The first-order valence-electron chi connectivity index (χ1n) is 14.3. The predicted octanol–water partition coefficient (Wildman–Crippen LogP) is 8.58. The van der Waals surface area contributed by atoms with Crippen molar-refractivity contribution in [3.63, 3.8) is 0 Å². The highest BCUT2D eigenvalue weighted by Gasteiger charge is 2.17. The second-order valence-electron chi connectivity index (χ2n) is 10.7. The van der Waals surface area contributed by atoms with Crippen LogP contribution in [0.5, 0.6) is 5.75 Å². The maximum absolute atomic E-state index is 13.7. The number of fused-ring (bicyclic) bond motifs is 2. The van der Waals surface area contributed by atoms with Gasteiger partial charge in [0, 0.05) is 32.5 Å². The summed E-state index contributed by atoms with van der Waals surface area (Å²) in [5.41, 5.74) is 5.60. The van der Waals surface area contributed by atoms with Crippen LogP contribution in [-0.4, -0.2) is 20.4 Å². The van der Waals surface area contributed by atoms with Crippen LogP contribution in [0, 0.1) is 19.7 Å². The Bertz CT molecular complexity index is 2280. The zero-order chi connectivity index (χ0) is 31.1. The Hall–Kier alpha value is -5.28. The molecule has 4 aromatic carbocycles. The van der Waals surface area contributed by atoms with Gasteiger partial charge in [-0.3, -0.25) is 4.79 Å². The molecule has 222 valence electrons. The summed E-state index contributed by atoms with van der Waals surface area (Å²) in [6.07, 6.45) is 1.68. The summed E-state index contributed by atoms with van der Waals surface area (Å²) in [5, 5.41) is 6.01. The van der Waals surface area contributed by atoms with E-state index in [1.165, 1.54) is 16.8 Å². The van der Waals surface area contributed by atoms with Gasteiger partial charge in [-0.15, -0.1) is 0 Å². The lowest BCUT2D eigenvalue weighted by Gasteiger charge is -2.11. The molecule has 7 nitrogen and oxygen atoms in total. The van der Waals surface area contributed by atoms with Crippen molar-refractivity contribution >= 4 is 44.0 Å². The van der Waals surface area contributed by atoms with E-state index in [0.717, 1.165) is 38.1 Å². The van der Waals surface area contributed by atoms with Crippen LogP contribution in [0.1, 0.15) is 22.5 Å². The number of aromatic nitrogens is 3. The van der Waals surface area contributed by atoms with Crippen LogP contribution >= 0.6 is 15.9 Å². The van der Waals surface area contributed by atoms with Gasteiger partial charge in [-0.05, 0) is 98.3 Å². The van der Waals surface area contributed by atoms with Gasteiger partial charge in [-0.2, -0.15) is 9.78 Å². The summed E-state index contributed by atoms with van der Waals surface area (Å²) in [7, 11) is 0. The van der Waals surface area contributed by atoms with Gasteiger partial charge in [0.2, 0.25) is 5.82 Å². The van der Waals surface area contributed by atoms with Gasteiger partial charge >= 0.3 is 0 Å². The molecule has 0 radical (unpaired) electrons. The molecule has 0 aliphatic rings.